The number of carbonyl (C=O) groups is 1. The average molecular weight is 375 g/mol. The van der Waals surface area contributed by atoms with E-state index in [1.54, 1.807) is 18.2 Å². The van der Waals surface area contributed by atoms with Gasteiger partial charge >= 0.3 is 0 Å². The van der Waals surface area contributed by atoms with E-state index in [1.807, 2.05) is 24.3 Å². The van der Waals surface area contributed by atoms with Crippen LogP contribution in [0.1, 0.15) is 32.6 Å². The van der Waals surface area contributed by atoms with Gasteiger partial charge in [-0.3, -0.25) is 4.79 Å². The summed E-state index contributed by atoms with van der Waals surface area (Å²) >= 11 is 0. The highest BCUT2D eigenvalue weighted by Gasteiger charge is 2.26. The molecule has 1 saturated carbocycles. The summed E-state index contributed by atoms with van der Waals surface area (Å²) in [5.41, 5.74) is 0. The first-order valence-electron chi connectivity index (χ1n) is 9.12. The van der Waals surface area contributed by atoms with Crippen molar-refractivity contribution in [1.29, 1.82) is 0 Å². The van der Waals surface area contributed by atoms with Crippen molar-refractivity contribution in [1.82, 2.24) is 9.62 Å². The van der Waals surface area contributed by atoms with Crippen LogP contribution in [0.4, 0.5) is 0 Å². The van der Waals surface area contributed by atoms with E-state index in [-0.39, 0.29) is 23.4 Å². The fraction of sp³-hybridized carbons (Fsp3) is 0.450. The number of rotatable bonds is 5. The van der Waals surface area contributed by atoms with Crippen molar-refractivity contribution in [3.63, 3.8) is 0 Å². The average Bonchev–Trinajstić information content (AvgIpc) is 2.63. The molecule has 2 atom stereocenters. The molecule has 1 aliphatic rings. The molecule has 0 bridgehead atoms. The molecule has 6 heteroatoms. The Bertz CT molecular complexity index is 895. The van der Waals surface area contributed by atoms with Crippen LogP contribution in [0.3, 0.4) is 0 Å². The SMILES string of the molecule is C[C@@H]1CCCC[C@@H]1NC(=O)CN(C)S(=O)(=O)c1ccc2ccccc2c1. The molecule has 0 aromatic heterocycles. The molecule has 26 heavy (non-hydrogen) atoms. The smallest absolute Gasteiger partial charge is 0.243 e. The van der Waals surface area contributed by atoms with Gasteiger partial charge in [0.2, 0.25) is 15.9 Å². The number of nitrogens with zero attached hydrogens (tertiary/aromatic N) is 1. The van der Waals surface area contributed by atoms with Gasteiger partial charge in [-0.1, -0.05) is 50.1 Å². The van der Waals surface area contributed by atoms with Crippen LogP contribution in [0.5, 0.6) is 0 Å². The van der Waals surface area contributed by atoms with Gasteiger partial charge in [0.1, 0.15) is 0 Å². The quantitative estimate of drug-likeness (QED) is 0.874. The van der Waals surface area contributed by atoms with Crippen LogP contribution in [0.25, 0.3) is 10.8 Å². The molecule has 0 radical (unpaired) electrons. The normalized spacial score (nSPS) is 21.0. The van der Waals surface area contributed by atoms with Gasteiger partial charge in [-0.2, -0.15) is 4.31 Å². The van der Waals surface area contributed by atoms with Gasteiger partial charge in [-0.25, -0.2) is 8.42 Å². The molecule has 2 aromatic rings. The molecule has 5 nitrogen and oxygen atoms in total. The van der Waals surface area contributed by atoms with Crippen LogP contribution in [0.2, 0.25) is 0 Å². The molecule has 140 valence electrons. The molecule has 0 spiro atoms. The molecule has 2 aromatic carbocycles. The molecule has 1 N–H and O–H groups in total. The predicted octanol–water partition coefficient (Wildman–Crippen LogP) is 3.16. The summed E-state index contributed by atoms with van der Waals surface area (Å²) < 4.78 is 26.8. The number of hydrogen-bond donors (Lipinski definition) is 1. The molecule has 1 aliphatic carbocycles. The zero-order valence-electron chi connectivity index (χ0n) is 15.3. The van der Waals surface area contributed by atoms with Crippen LogP contribution in [-0.4, -0.2) is 38.3 Å². The van der Waals surface area contributed by atoms with Crippen molar-refractivity contribution in [3.8, 4) is 0 Å². The Kier molecular flexibility index (Phi) is 5.63. The second-order valence-electron chi connectivity index (χ2n) is 7.21. The summed E-state index contributed by atoms with van der Waals surface area (Å²) in [6, 6.07) is 12.8. The summed E-state index contributed by atoms with van der Waals surface area (Å²) in [5, 5.41) is 4.86. The second-order valence-corrected chi connectivity index (χ2v) is 9.25. The number of fused-ring (bicyclic) bond motifs is 1. The number of amides is 1. The molecule has 0 unspecified atom stereocenters. The summed E-state index contributed by atoms with van der Waals surface area (Å²) in [4.78, 5) is 12.5. The first-order chi connectivity index (χ1) is 12.4. The van der Waals surface area contributed by atoms with Crippen LogP contribution in [-0.2, 0) is 14.8 Å². The Hall–Kier alpha value is -1.92. The van der Waals surface area contributed by atoms with Crippen LogP contribution < -0.4 is 5.32 Å². The third-order valence-electron chi connectivity index (χ3n) is 5.25. The van der Waals surface area contributed by atoms with Gasteiger partial charge in [-0.15, -0.1) is 0 Å². The van der Waals surface area contributed by atoms with Gasteiger partial charge in [0, 0.05) is 13.1 Å². The Balaban J connectivity index is 1.70. The highest BCUT2D eigenvalue weighted by atomic mass is 32.2. The molecule has 1 fully saturated rings. The van der Waals surface area contributed by atoms with Crippen LogP contribution in [0, 0.1) is 5.92 Å². The Morgan fingerprint density at radius 1 is 1.12 bits per heavy atom. The molecule has 0 aliphatic heterocycles. The third kappa shape index (κ3) is 4.07. The Labute approximate surface area is 155 Å². The highest BCUT2D eigenvalue weighted by Crippen LogP contribution is 2.24. The van der Waals surface area contributed by atoms with E-state index in [0.29, 0.717) is 5.92 Å². The topological polar surface area (TPSA) is 66.5 Å². The first kappa shape index (κ1) is 18.9. The summed E-state index contributed by atoms with van der Waals surface area (Å²) in [6.45, 7) is 1.97. The maximum absolute atomic E-state index is 12.8. The standard InChI is InChI=1S/C20H26N2O3S/c1-15-7-3-6-10-19(15)21-20(23)14-22(2)26(24,25)18-12-11-16-8-4-5-9-17(16)13-18/h4-5,8-9,11-13,15,19H,3,6-7,10,14H2,1-2H3,(H,21,23)/t15-,19+/m1/s1. The van der Waals surface area contributed by atoms with Crippen molar-refractivity contribution >= 4 is 26.7 Å². The Morgan fingerprint density at radius 3 is 2.54 bits per heavy atom. The van der Waals surface area contributed by atoms with E-state index in [9.17, 15) is 13.2 Å². The largest absolute Gasteiger partial charge is 0.352 e. The van der Waals surface area contributed by atoms with Crippen molar-refractivity contribution in [2.45, 2.75) is 43.5 Å². The van der Waals surface area contributed by atoms with E-state index >= 15 is 0 Å². The van der Waals surface area contributed by atoms with Crippen LogP contribution in [0.15, 0.2) is 47.4 Å². The molecule has 0 heterocycles. The summed E-state index contributed by atoms with van der Waals surface area (Å²) in [7, 11) is -2.25. The monoisotopic (exact) mass is 374 g/mol. The third-order valence-corrected chi connectivity index (χ3v) is 7.05. The van der Waals surface area contributed by atoms with Crippen molar-refractivity contribution in [2.24, 2.45) is 5.92 Å². The zero-order valence-corrected chi connectivity index (χ0v) is 16.1. The number of hydrogen-bond acceptors (Lipinski definition) is 3. The lowest BCUT2D eigenvalue weighted by molar-refractivity contribution is -0.122. The molecular weight excluding hydrogens is 348 g/mol. The van der Waals surface area contributed by atoms with Crippen molar-refractivity contribution in [3.05, 3.63) is 42.5 Å². The number of sulfonamides is 1. The first-order valence-corrected chi connectivity index (χ1v) is 10.6. The fourth-order valence-corrected chi connectivity index (χ4v) is 4.74. The lowest BCUT2D eigenvalue weighted by Crippen LogP contribution is -2.46. The highest BCUT2D eigenvalue weighted by molar-refractivity contribution is 7.89. The Morgan fingerprint density at radius 2 is 1.81 bits per heavy atom. The van der Waals surface area contributed by atoms with E-state index in [4.69, 9.17) is 0 Å². The van der Waals surface area contributed by atoms with Gasteiger partial charge in [0.15, 0.2) is 0 Å². The maximum Gasteiger partial charge on any atom is 0.243 e. The van der Waals surface area contributed by atoms with E-state index < -0.39 is 10.0 Å². The lowest BCUT2D eigenvalue weighted by Gasteiger charge is -2.30. The summed E-state index contributed by atoms with van der Waals surface area (Å²) in [6.07, 6.45) is 4.38. The minimum absolute atomic E-state index is 0.146. The lowest BCUT2D eigenvalue weighted by atomic mass is 9.86. The number of carbonyl (C=O) groups excluding carboxylic acids is 1. The molecule has 3 rings (SSSR count). The molecule has 0 saturated heterocycles. The number of likely N-dealkylation sites (N-methyl/N-ethyl adjacent to an activating group) is 1. The van der Waals surface area contributed by atoms with Crippen molar-refractivity contribution < 1.29 is 13.2 Å². The summed E-state index contributed by atoms with van der Waals surface area (Å²) in [5.74, 6) is 0.200. The van der Waals surface area contributed by atoms with Gasteiger partial charge in [-0.05, 0) is 41.7 Å². The fourth-order valence-electron chi connectivity index (χ4n) is 3.58. The number of benzene rings is 2. The van der Waals surface area contributed by atoms with E-state index in [1.165, 1.54) is 13.5 Å². The van der Waals surface area contributed by atoms with E-state index in [0.717, 1.165) is 34.3 Å². The van der Waals surface area contributed by atoms with Gasteiger partial charge < -0.3 is 5.32 Å². The van der Waals surface area contributed by atoms with Crippen LogP contribution >= 0.6 is 0 Å². The number of nitrogens with one attached hydrogen (secondary N) is 1. The van der Waals surface area contributed by atoms with Gasteiger partial charge in [0.05, 0.1) is 11.4 Å². The minimum Gasteiger partial charge on any atom is -0.352 e. The maximum atomic E-state index is 12.8. The molecular formula is C20H26N2O3S. The zero-order chi connectivity index (χ0) is 18.7. The molecule has 1 amide bonds. The second kappa shape index (κ2) is 7.76. The predicted molar refractivity (Wildman–Crippen MR) is 103 cm³/mol. The van der Waals surface area contributed by atoms with Gasteiger partial charge in [0.25, 0.3) is 0 Å². The minimum atomic E-state index is -3.71. The van der Waals surface area contributed by atoms with E-state index in [2.05, 4.69) is 12.2 Å². The van der Waals surface area contributed by atoms with Crippen molar-refractivity contribution in [2.75, 3.05) is 13.6 Å².